The van der Waals surface area contributed by atoms with E-state index in [1.54, 1.807) is 32.4 Å². The maximum Gasteiger partial charge on any atom is 0.279 e. The molecule has 0 bridgehead atoms. The fourth-order valence-electron chi connectivity index (χ4n) is 3.72. The number of anilines is 1. The summed E-state index contributed by atoms with van der Waals surface area (Å²) in [5.74, 6) is 1.36. The summed E-state index contributed by atoms with van der Waals surface area (Å²) in [6.45, 7) is 1.20. The van der Waals surface area contributed by atoms with Crippen LogP contribution in [0, 0.1) is 11.3 Å². The van der Waals surface area contributed by atoms with Gasteiger partial charge in [-0.2, -0.15) is 5.26 Å². The molecule has 0 spiro atoms. The summed E-state index contributed by atoms with van der Waals surface area (Å²) in [7, 11) is 3.26. The highest BCUT2D eigenvalue weighted by Crippen LogP contribution is 2.31. The van der Waals surface area contributed by atoms with Gasteiger partial charge in [-0.25, -0.2) is 0 Å². The first-order chi connectivity index (χ1) is 13.5. The van der Waals surface area contributed by atoms with E-state index in [2.05, 4.69) is 11.4 Å². The molecule has 2 atom stereocenters. The van der Waals surface area contributed by atoms with Crippen molar-refractivity contribution in [3.05, 3.63) is 52.5 Å². The molecule has 1 amide bonds. The molecular weight excluding hydrogens is 378 g/mol. The van der Waals surface area contributed by atoms with Crippen molar-refractivity contribution in [2.45, 2.75) is 18.9 Å². The van der Waals surface area contributed by atoms with Crippen LogP contribution in [0.2, 0.25) is 5.02 Å². The van der Waals surface area contributed by atoms with Gasteiger partial charge < -0.3 is 19.7 Å². The Morgan fingerprint density at radius 3 is 2.82 bits per heavy atom. The van der Waals surface area contributed by atoms with Crippen molar-refractivity contribution in [1.29, 1.82) is 5.26 Å². The molecule has 1 fully saturated rings. The van der Waals surface area contributed by atoms with Crippen molar-refractivity contribution in [2.24, 2.45) is 0 Å². The molecule has 2 aromatic carbocycles. The van der Waals surface area contributed by atoms with Crippen molar-refractivity contribution >= 4 is 23.2 Å². The van der Waals surface area contributed by atoms with Crippen LogP contribution in [0.4, 0.5) is 5.69 Å². The molecule has 0 aromatic heterocycles. The summed E-state index contributed by atoms with van der Waals surface area (Å²) in [6, 6.07) is 12.9. The monoisotopic (exact) mass is 400 g/mol. The lowest BCUT2D eigenvalue weighted by atomic mass is 10.0. The molecule has 2 N–H and O–H groups in total. The van der Waals surface area contributed by atoms with Crippen LogP contribution in [0.25, 0.3) is 0 Å². The van der Waals surface area contributed by atoms with Crippen molar-refractivity contribution in [3.8, 4) is 17.6 Å². The highest BCUT2D eigenvalue weighted by Gasteiger charge is 2.33. The second kappa shape index (κ2) is 8.96. The van der Waals surface area contributed by atoms with Gasteiger partial charge in [-0.15, -0.1) is 0 Å². The molecule has 7 heteroatoms. The lowest BCUT2D eigenvalue weighted by Gasteiger charge is -2.23. The number of rotatable bonds is 6. The van der Waals surface area contributed by atoms with E-state index in [-0.39, 0.29) is 11.9 Å². The zero-order valence-electron chi connectivity index (χ0n) is 15.9. The Kier molecular flexibility index (Phi) is 6.40. The van der Waals surface area contributed by atoms with Gasteiger partial charge in [-0.05, 0) is 30.3 Å². The second-order valence-electron chi connectivity index (χ2n) is 6.74. The first kappa shape index (κ1) is 20.0. The maximum absolute atomic E-state index is 12.6. The Labute approximate surface area is 169 Å². The number of halogens is 1. The quantitative estimate of drug-likeness (QED) is 0.781. The Hall–Kier alpha value is -2.75. The largest absolute Gasteiger partial charge is 0.497 e. The maximum atomic E-state index is 12.6. The molecule has 1 heterocycles. The number of hydrogen-bond donors (Lipinski definition) is 2. The van der Waals surface area contributed by atoms with Crippen molar-refractivity contribution in [2.75, 3.05) is 32.6 Å². The van der Waals surface area contributed by atoms with E-state index in [1.165, 1.54) is 4.90 Å². The number of carbonyl (C=O) groups excluding carboxylic acids is 1. The van der Waals surface area contributed by atoms with E-state index in [9.17, 15) is 10.1 Å². The lowest BCUT2D eigenvalue weighted by Crippen LogP contribution is -3.11. The fourth-order valence-corrected chi connectivity index (χ4v) is 3.90. The van der Waals surface area contributed by atoms with E-state index in [0.717, 1.165) is 36.4 Å². The third-order valence-electron chi connectivity index (χ3n) is 5.06. The van der Waals surface area contributed by atoms with Crippen molar-refractivity contribution < 1.29 is 19.2 Å². The summed E-state index contributed by atoms with van der Waals surface area (Å²) >= 11 is 6.00. The van der Waals surface area contributed by atoms with Gasteiger partial charge in [0.2, 0.25) is 0 Å². The molecule has 146 valence electrons. The highest BCUT2D eigenvalue weighted by molar-refractivity contribution is 6.31. The van der Waals surface area contributed by atoms with Gasteiger partial charge in [0.05, 0.1) is 37.6 Å². The van der Waals surface area contributed by atoms with Crippen LogP contribution in [-0.2, 0) is 4.79 Å². The summed E-state index contributed by atoms with van der Waals surface area (Å²) in [5, 5.41) is 12.5. The van der Waals surface area contributed by atoms with Crippen molar-refractivity contribution in [3.63, 3.8) is 0 Å². The predicted octanol–water partition coefficient (Wildman–Crippen LogP) is 2.59. The first-order valence-corrected chi connectivity index (χ1v) is 9.49. The molecule has 1 saturated heterocycles. The first-order valence-electron chi connectivity index (χ1n) is 9.11. The molecule has 6 nitrogen and oxygen atoms in total. The van der Waals surface area contributed by atoms with Gasteiger partial charge in [0, 0.05) is 23.9 Å². The fraction of sp³-hybridized carbons (Fsp3) is 0.333. The van der Waals surface area contributed by atoms with Crippen LogP contribution in [0.5, 0.6) is 11.5 Å². The van der Waals surface area contributed by atoms with E-state index in [1.807, 2.05) is 18.2 Å². The lowest BCUT2D eigenvalue weighted by molar-refractivity contribution is -0.910. The number of methoxy groups -OCH3 is 2. The van der Waals surface area contributed by atoms with Gasteiger partial charge in [-0.1, -0.05) is 11.6 Å². The number of carbonyl (C=O) groups is 1. The minimum atomic E-state index is -0.145. The van der Waals surface area contributed by atoms with Gasteiger partial charge in [0.15, 0.2) is 6.54 Å². The topological polar surface area (TPSA) is 75.8 Å². The van der Waals surface area contributed by atoms with Gasteiger partial charge in [-0.3, -0.25) is 4.79 Å². The molecule has 1 unspecified atom stereocenters. The molecule has 28 heavy (non-hydrogen) atoms. The average molecular weight is 401 g/mol. The van der Waals surface area contributed by atoms with E-state index < -0.39 is 0 Å². The number of likely N-dealkylation sites (tertiary alicyclic amines) is 1. The van der Waals surface area contributed by atoms with Gasteiger partial charge in [0.1, 0.15) is 23.6 Å². The summed E-state index contributed by atoms with van der Waals surface area (Å²) in [4.78, 5) is 13.8. The highest BCUT2D eigenvalue weighted by atomic mass is 35.5. The Morgan fingerprint density at radius 1 is 1.29 bits per heavy atom. The Balaban J connectivity index is 1.75. The summed E-state index contributed by atoms with van der Waals surface area (Å²) in [6.07, 6.45) is 2.01. The van der Waals surface area contributed by atoms with E-state index in [0.29, 0.717) is 22.8 Å². The standard InChI is InChI=1S/C21H22ClN3O3/c1-27-16-7-8-17(20(11-16)28-2)19-4-3-9-25(19)13-21(26)24-18-10-15(22)6-5-14(18)12-23/h5-8,10-11,19H,3-4,9,13H2,1-2H3,(H,24,26)/p+1/t19-/m1/s1. The number of hydrogen-bond acceptors (Lipinski definition) is 4. The number of amides is 1. The van der Waals surface area contributed by atoms with Crippen molar-refractivity contribution in [1.82, 2.24) is 0 Å². The molecule has 1 aliphatic rings. The number of nitriles is 1. The average Bonchev–Trinajstić information content (AvgIpc) is 3.15. The molecule has 3 rings (SSSR count). The van der Waals surface area contributed by atoms with Gasteiger partial charge >= 0.3 is 0 Å². The van der Waals surface area contributed by atoms with Gasteiger partial charge in [0.25, 0.3) is 5.91 Å². The minimum absolute atomic E-state index is 0.145. The van der Waals surface area contributed by atoms with Crippen LogP contribution >= 0.6 is 11.6 Å². The second-order valence-corrected chi connectivity index (χ2v) is 7.17. The molecule has 0 radical (unpaired) electrons. The smallest absolute Gasteiger partial charge is 0.279 e. The van der Waals surface area contributed by atoms with Crippen LogP contribution in [0.1, 0.15) is 30.0 Å². The Bertz CT molecular complexity index is 910. The third-order valence-corrected chi connectivity index (χ3v) is 5.30. The minimum Gasteiger partial charge on any atom is -0.497 e. The Morgan fingerprint density at radius 2 is 2.11 bits per heavy atom. The summed E-state index contributed by atoms with van der Waals surface area (Å²) < 4.78 is 10.8. The molecule has 1 aliphatic heterocycles. The SMILES string of the molecule is COc1ccc([C@H]2CCC[NH+]2CC(=O)Nc2cc(Cl)ccc2C#N)c(OC)c1. The van der Waals surface area contributed by atoms with E-state index >= 15 is 0 Å². The number of ether oxygens (including phenoxy) is 2. The zero-order chi connectivity index (χ0) is 20.1. The zero-order valence-corrected chi connectivity index (χ0v) is 16.7. The van der Waals surface area contributed by atoms with Crippen LogP contribution in [-0.4, -0.2) is 33.2 Å². The number of quaternary nitrogens is 1. The third kappa shape index (κ3) is 4.38. The van der Waals surface area contributed by atoms with E-state index in [4.69, 9.17) is 21.1 Å². The summed E-state index contributed by atoms with van der Waals surface area (Å²) in [5.41, 5.74) is 1.91. The normalized spacial score (nSPS) is 18.4. The van der Waals surface area contributed by atoms with Crippen LogP contribution in [0.3, 0.4) is 0 Å². The molecular formula is C21H23ClN3O3+. The van der Waals surface area contributed by atoms with Crippen LogP contribution in [0.15, 0.2) is 36.4 Å². The predicted molar refractivity (Wildman–Crippen MR) is 107 cm³/mol. The molecule has 0 aliphatic carbocycles. The van der Waals surface area contributed by atoms with Crippen LogP contribution < -0.4 is 19.7 Å². The molecule has 2 aromatic rings. The number of nitrogens with one attached hydrogen (secondary N) is 2. The molecule has 0 saturated carbocycles. The number of nitrogens with zero attached hydrogens (tertiary/aromatic N) is 1. The number of benzene rings is 2.